The lowest BCUT2D eigenvalue weighted by Gasteiger charge is -1.98. The predicted octanol–water partition coefficient (Wildman–Crippen LogP) is 3.39. The van der Waals surface area contributed by atoms with E-state index in [1.165, 1.54) is 6.07 Å². The number of fused-ring (bicyclic) bond motifs is 1. The molecule has 0 aliphatic carbocycles. The van der Waals surface area contributed by atoms with Crippen LogP contribution in [0.2, 0.25) is 5.15 Å². The van der Waals surface area contributed by atoms with Crippen LogP contribution in [0.25, 0.3) is 11.2 Å². The van der Waals surface area contributed by atoms with Gasteiger partial charge >= 0.3 is 6.18 Å². The van der Waals surface area contributed by atoms with Crippen molar-refractivity contribution in [2.24, 2.45) is 0 Å². The average molecular weight is 300 g/mol. The Kier molecular flexibility index (Phi) is 2.38. The molecule has 0 atom stereocenters. The van der Waals surface area contributed by atoms with E-state index in [1.807, 2.05) is 0 Å². The lowest BCUT2D eigenvalue weighted by Crippen LogP contribution is -2.06. The molecule has 0 aliphatic heterocycles. The van der Waals surface area contributed by atoms with Gasteiger partial charge in [0.15, 0.2) is 5.65 Å². The van der Waals surface area contributed by atoms with Gasteiger partial charge in [0.05, 0.1) is 9.99 Å². The molecule has 0 amide bonds. The average Bonchev–Trinajstić information content (AvgIpc) is 2.47. The van der Waals surface area contributed by atoms with Crippen molar-refractivity contribution in [3.8, 4) is 0 Å². The number of pyridine rings is 1. The summed E-state index contributed by atoms with van der Waals surface area (Å²) in [7, 11) is 0. The molecule has 0 bridgehead atoms. The molecular weight excluding hydrogens is 298 g/mol. The normalized spacial score (nSPS) is 12.3. The molecule has 15 heavy (non-hydrogen) atoms. The molecule has 0 radical (unpaired) electrons. The Labute approximate surface area is 94.8 Å². The second-order valence-corrected chi connectivity index (χ2v) is 3.93. The van der Waals surface area contributed by atoms with E-state index in [4.69, 9.17) is 11.6 Å². The highest BCUT2D eigenvalue weighted by Crippen LogP contribution is 2.30. The van der Waals surface area contributed by atoms with Crippen molar-refractivity contribution < 1.29 is 13.2 Å². The van der Waals surface area contributed by atoms with Gasteiger partial charge in [0, 0.05) is 0 Å². The van der Waals surface area contributed by atoms with Crippen molar-refractivity contribution in [3.05, 3.63) is 21.5 Å². The first-order chi connectivity index (χ1) is 6.88. The number of aromatic nitrogens is 3. The van der Waals surface area contributed by atoms with Crippen molar-refractivity contribution in [2.75, 3.05) is 0 Å². The molecule has 0 saturated heterocycles. The lowest BCUT2D eigenvalue weighted by atomic mass is 10.4. The van der Waals surface area contributed by atoms with E-state index in [0.29, 0.717) is 4.47 Å². The molecule has 2 aromatic heterocycles. The Morgan fingerprint density at radius 3 is 2.60 bits per heavy atom. The zero-order valence-corrected chi connectivity index (χ0v) is 9.20. The van der Waals surface area contributed by atoms with E-state index in [-0.39, 0.29) is 16.3 Å². The van der Waals surface area contributed by atoms with E-state index in [9.17, 15) is 13.2 Å². The highest BCUT2D eigenvalue weighted by atomic mass is 79.9. The molecule has 1 N–H and O–H groups in total. The van der Waals surface area contributed by atoms with Crippen LogP contribution in [0.15, 0.2) is 10.5 Å². The highest BCUT2D eigenvalue weighted by Gasteiger charge is 2.35. The van der Waals surface area contributed by atoms with Crippen molar-refractivity contribution >= 4 is 38.7 Å². The fourth-order valence-corrected chi connectivity index (χ4v) is 1.48. The summed E-state index contributed by atoms with van der Waals surface area (Å²) in [6, 6.07) is 1.40. The van der Waals surface area contributed by atoms with E-state index >= 15 is 0 Å². The molecule has 8 heteroatoms. The molecule has 2 heterocycles. The summed E-state index contributed by atoms with van der Waals surface area (Å²) in [6.07, 6.45) is -4.51. The third kappa shape index (κ3) is 1.93. The summed E-state index contributed by atoms with van der Waals surface area (Å²) in [6.45, 7) is 0. The summed E-state index contributed by atoms with van der Waals surface area (Å²) in [5.41, 5.74) is 0.120. The molecule has 0 saturated carbocycles. The second-order valence-electron chi connectivity index (χ2n) is 2.72. The first-order valence-corrected chi connectivity index (χ1v) is 4.84. The van der Waals surface area contributed by atoms with Gasteiger partial charge < -0.3 is 4.98 Å². The number of nitrogens with one attached hydrogen (secondary N) is 1. The first kappa shape index (κ1) is 10.7. The molecule has 0 unspecified atom stereocenters. The largest absolute Gasteiger partial charge is 0.449 e. The van der Waals surface area contributed by atoms with E-state index in [1.54, 1.807) is 0 Å². The maximum absolute atomic E-state index is 12.3. The lowest BCUT2D eigenvalue weighted by molar-refractivity contribution is -0.144. The van der Waals surface area contributed by atoms with Gasteiger partial charge in [0.1, 0.15) is 5.15 Å². The van der Waals surface area contributed by atoms with Gasteiger partial charge in [-0.05, 0) is 22.0 Å². The molecular formula is C7H2BrClF3N3. The minimum atomic E-state index is -4.51. The number of rotatable bonds is 0. The number of H-pyrrole nitrogens is 1. The number of hydrogen-bond donors (Lipinski definition) is 1. The van der Waals surface area contributed by atoms with Gasteiger partial charge in [0.25, 0.3) is 0 Å². The molecule has 2 rings (SSSR count). The zero-order valence-electron chi connectivity index (χ0n) is 6.86. The maximum atomic E-state index is 12.3. The van der Waals surface area contributed by atoms with Crippen molar-refractivity contribution in [1.82, 2.24) is 15.0 Å². The van der Waals surface area contributed by atoms with Crippen molar-refractivity contribution in [3.63, 3.8) is 0 Å². The molecule has 80 valence electrons. The fourth-order valence-electron chi connectivity index (χ4n) is 1.03. The molecule has 0 fully saturated rings. The predicted molar refractivity (Wildman–Crippen MR) is 51.6 cm³/mol. The Morgan fingerprint density at radius 2 is 2.00 bits per heavy atom. The quantitative estimate of drug-likeness (QED) is 0.758. The van der Waals surface area contributed by atoms with Crippen LogP contribution in [0.3, 0.4) is 0 Å². The van der Waals surface area contributed by atoms with E-state index in [0.717, 1.165) is 0 Å². The number of nitrogens with zero attached hydrogens (tertiary/aromatic N) is 2. The summed E-state index contributed by atoms with van der Waals surface area (Å²) in [5, 5.41) is 0.0720. The van der Waals surface area contributed by atoms with Gasteiger partial charge in [-0.2, -0.15) is 13.2 Å². The van der Waals surface area contributed by atoms with Gasteiger partial charge in [-0.15, -0.1) is 0 Å². The van der Waals surface area contributed by atoms with Crippen LogP contribution in [0.1, 0.15) is 5.82 Å². The van der Waals surface area contributed by atoms with Crippen LogP contribution in [-0.2, 0) is 6.18 Å². The Bertz CT molecular complexity index is 483. The minimum absolute atomic E-state index is 0.0597. The third-order valence-corrected chi connectivity index (χ3v) is 2.77. The van der Waals surface area contributed by atoms with Gasteiger partial charge in [-0.25, -0.2) is 9.97 Å². The molecule has 0 aliphatic rings. The zero-order chi connectivity index (χ0) is 11.2. The fraction of sp³-hybridized carbons (Fsp3) is 0.143. The standard InChI is InChI=1S/C7H2BrClF3N3/c8-2-1-3-5(14-4(2)9)15-6(13-3)7(10,11)12/h1H,(H,13,14,15). The van der Waals surface area contributed by atoms with Crippen molar-refractivity contribution in [1.29, 1.82) is 0 Å². The smallest absolute Gasteiger partial charge is 0.333 e. The van der Waals surface area contributed by atoms with Crippen LogP contribution in [0.5, 0.6) is 0 Å². The van der Waals surface area contributed by atoms with Gasteiger partial charge in [-0.3, -0.25) is 0 Å². The van der Waals surface area contributed by atoms with Crippen LogP contribution < -0.4 is 0 Å². The first-order valence-electron chi connectivity index (χ1n) is 3.67. The number of alkyl halides is 3. The number of imidazole rings is 1. The number of halogens is 5. The topological polar surface area (TPSA) is 41.6 Å². The molecule has 0 spiro atoms. The van der Waals surface area contributed by atoms with E-state index in [2.05, 4.69) is 30.9 Å². The summed E-state index contributed by atoms with van der Waals surface area (Å²) >= 11 is 8.67. The summed E-state index contributed by atoms with van der Waals surface area (Å²) in [4.78, 5) is 9.09. The Morgan fingerprint density at radius 1 is 1.33 bits per heavy atom. The molecule has 2 aromatic rings. The monoisotopic (exact) mass is 299 g/mol. The van der Waals surface area contributed by atoms with Crippen LogP contribution >= 0.6 is 27.5 Å². The van der Waals surface area contributed by atoms with Crippen LogP contribution in [-0.4, -0.2) is 15.0 Å². The third-order valence-electron chi connectivity index (χ3n) is 1.65. The minimum Gasteiger partial charge on any atom is -0.333 e. The summed E-state index contributed by atoms with van der Waals surface area (Å²) in [5.74, 6) is -1.08. The van der Waals surface area contributed by atoms with Crippen LogP contribution in [0, 0.1) is 0 Å². The highest BCUT2D eigenvalue weighted by molar-refractivity contribution is 9.10. The molecule has 0 aromatic carbocycles. The number of hydrogen-bond acceptors (Lipinski definition) is 2. The van der Waals surface area contributed by atoms with Crippen LogP contribution in [0.4, 0.5) is 13.2 Å². The second kappa shape index (κ2) is 3.34. The van der Waals surface area contributed by atoms with Crippen molar-refractivity contribution in [2.45, 2.75) is 6.18 Å². The maximum Gasteiger partial charge on any atom is 0.449 e. The molecule has 3 nitrogen and oxygen atoms in total. The van der Waals surface area contributed by atoms with Gasteiger partial charge in [0.2, 0.25) is 5.82 Å². The summed E-state index contributed by atoms with van der Waals surface area (Å²) < 4.78 is 37.2. The SMILES string of the molecule is FC(F)(F)c1nc2nc(Cl)c(Br)cc2[nH]1. The Hall–Kier alpha value is -0.820. The van der Waals surface area contributed by atoms with Gasteiger partial charge in [-0.1, -0.05) is 11.6 Å². The number of aromatic amines is 1. The Balaban J connectivity index is 2.66. The van der Waals surface area contributed by atoms with E-state index < -0.39 is 12.0 Å².